The topological polar surface area (TPSA) is 79.3 Å². The Kier molecular flexibility index (Phi) is 8.50. The zero-order chi connectivity index (χ0) is 21.6. The van der Waals surface area contributed by atoms with Crippen molar-refractivity contribution in [3.05, 3.63) is 59.7 Å². The Hall–Kier alpha value is -2.61. The summed E-state index contributed by atoms with van der Waals surface area (Å²) >= 11 is 0. The van der Waals surface area contributed by atoms with E-state index in [1.54, 1.807) is 0 Å². The number of carbonyl (C=O) groups excluding carboxylic acids is 1. The van der Waals surface area contributed by atoms with Gasteiger partial charge in [0.15, 0.2) is 0 Å². The van der Waals surface area contributed by atoms with Gasteiger partial charge in [0.05, 0.1) is 13.2 Å². The molecule has 0 aromatic heterocycles. The molecule has 1 aliphatic carbocycles. The summed E-state index contributed by atoms with van der Waals surface area (Å²) in [6.45, 7) is 4.13. The summed E-state index contributed by atoms with van der Waals surface area (Å²) in [6, 6.07) is 16.3. The van der Waals surface area contributed by atoms with Crippen LogP contribution in [0.2, 0.25) is 0 Å². The Morgan fingerprint density at radius 3 is 2.22 bits per heavy atom. The molecule has 0 atom stereocenters. The third-order valence-corrected chi connectivity index (χ3v) is 5.93. The van der Waals surface area contributed by atoms with Crippen molar-refractivity contribution in [3.8, 4) is 11.1 Å². The Balaban J connectivity index is 0.00000289. The first-order valence-electron chi connectivity index (χ1n) is 10.8. The number of morpholine rings is 1. The zero-order valence-electron chi connectivity index (χ0n) is 17.9. The van der Waals surface area contributed by atoms with Gasteiger partial charge in [0.25, 0.3) is 0 Å². The highest BCUT2D eigenvalue weighted by Gasteiger charge is 2.30. The number of nitrogens with zero attached hydrogens (tertiary/aromatic N) is 2. The minimum atomic E-state index is -1.04. The smallest absolute Gasteiger partial charge is 0.410 e. The number of aliphatic carboxylic acids is 1. The van der Waals surface area contributed by atoms with E-state index in [-0.39, 0.29) is 31.5 Å². The molecule has 1 fully saturated rings. The lowest BCUT2D eigenvalue weighted by Gasteiger charge is -2.28. The van der Waals surface area contributed by atoms with Gasteiger partial charge in [-0.05, 0) is 28.7 Å². The summed E-state index contributed by atoms with van der Waals surface area (Å²) in [5.41, 5.74) is 4.58. The molecule has 0 bridgehead atoms. The largest absolute Gasteiger partial charge is 0.480 e. The van der Waals surface area contributed by atoms with Gasteiger partial charge in [0.1, 0.15) is 13.2 Å². The van der Waals surface area contributed by atoms with E-state index in [0.29, 0.717) is 26.2 Å². The van der Waals surface area contributed by atoms with Gasteiger partial charge in [-0.2, -0.15) is 0 Å². The van der Waals surface area contributed by atoms with E-state index in [1.165, 1.54) is 4.90 Å². The van der Waals surface area contributed by atoms with Crippen molar-refractivity contribution in [3.63, 3.8) is 0 Å². The van der Waals surface area contributed by atoms with Crippen LogP contribution < -0.4 is 0 Å². The number of carbonyl (C=O) groups is 2. The van der Waals surface area contributed by atoms with Gasteiger partial charge < -0.3 is 14.6 Å². The summed E-state index contributed by atoms with van der Waals surface area (Å²) in [5.74, 6) is -1.09. The molecule has 1 N–H and O–H groups in total. The number of hydrogen-bond acceptors (Lipinski definition) is 5. The van der Waals surface area contributed by atoms with Crippen molar-refractivity contribution in [1.82, 2.24) is 9.80 Å². The minimum Gasteiger partial charge on any atom is -0.480 e. The maximum Gasteiger partial charge on any atom is 0.410 e. The molecule has 0 spiro atoms. The standard InChI is InChI=1S/C24H28N2O5.ClH/c27-23(28)16-26(11-5-10-25-12-14-30-15-13-25)24(29)31-17-22-20-8-3-1-6-18(20)19-7-2-4-9-21(19)22;/h1-4,6-9,22H,5,10-17H2,(H,27,28);1H. The molecule has 0 radical (unpaired) electrons. The minimum absolute atomic E-state index is 0. The molecule has 0 saturated carbocycles. The predicted molar refractivity (Wildman–Crippen MR) is 123 cm³/mol. The molecular weight excluding hydrogens is 432 g/mol. The van der Waals surface area contributed by atoms with Crippen molar-refractivity contribution in [2.75, 3.05) is 52.5 Å². The van der Waals surface area contributed by atoms with E-state index in [9.17, 15) is 14.7 Å². The van der Waals surface area contributed by atoms with Crippen LogP contribution in [0.15, 0.2) is 48.5 Å². The lowest BCUT2D eigenvalue weighted by atomic mass is 9.98. The van der Waals surface area contributed by atoms with Crippen molar-refractivity contribution < 1.29 is 24.2 Å². The van der Waals surface area contributed by atoms with Gasteiger partial charge >= 0.3 is 12.1 Å². The van der Waals surface area contributed by atoms with E-state index < -0.39 is 12.1 Å². The molecule has 2 aromatic carbocycles. The molecule has 7 nitrogen and oxygen atoms in total. The van der Waals surface area contributed by atoms with Gasteiger partial charge in [0.2, 0.25) is 0 Å². The molecule has 1 amide bonds. The van der Waals surface area contributed by atoms with E-state index in [1.807, 2.05) is 24.3 Å². The molecule has 1 aliphatic heterocycles. The van der Waals surface area contributed by atoms with E-state index in [0.717, 1.165) is 41.9 Å². The van der Waals surface area contributed by atoms with Crippen LogP contribution in [0.5, 0.6) is 0 Å². The highest BCUT2D eigenvalue weighted by Crippen LogP contribution is 2.44. The van der Waals surface area contributed by atoms with Crippen LogP contribution in [0.25, 0.3) is 11.1 Å². The van der Waals surface area contributed by atoms with Crippen LogP contribution in [0.1, 0.15) is 23.5 Å². The van der Waals surface area contributed by atoms with Gasteiger partial charge in [-0.1, -0.05) is 48.5 Å². The highest BCUT2D eigenvalue weighted by molar-refractivity contribution is 5.85. The number of carboxylic acid groups (broad SMARTS) is 1. The van der Waals surface area contributed by atoms with Crippen LogP contribution in [0.3, 0.4) is 0 Å². The van der Waals surface area contributed by atoms with E-state index in [4.69, 9.17) is 9.47 Å². The summed E-state index contributed by atoms with van der Waals surface area (Å²) in [7, 11) is 0. The Labute approximate surface area is 194 Å². The highest BCUT2D eigenvalue weighted by atomic mass is 35.5. The SMILES string of the molecule is Cl.O=C(O)CN(CCCN1CCOCC1)C(=O)OCC1c2ccccc2-c2ccccc21. The van der Waals surface area contributed by atoms with Crippen molar-refractivity contribution in [2.45, 2.75) is 12.3 Å². The first-order chi connectivity index (χ1) is 15.1. The van der Waals surface area contributed by atoms with Gasteiger partial charge in [-0.3, -0.25) is 14.6 Å². The number of carboxylic acids is 1. The lowest BCUT2D eigenvalue weighted by molar-refractivity contribution is -0.138. The number of hydrogen-bond donors (Lipinski definition) is 1. The molecule has 32 heavy (non-hydrogen) atoms. The molecule has 1 heterocycles. The number of ether oxygens (including phenoxy) is 2. The molecule has 2 aromatic rings. The summed E-state index contributed by atoms with van der Waals surface area (Å²) in [4.78, 5) is 27.6. The second-order valence-corrected chi connectivity index (χ2v) is 7.93. The molecule has 8 heteroatoms. The average Bonchev–Trinajstić information content (AvgIpc) is 3.11. The maximum atomic E-state index is 12.7. The van der Waals surface area contributed by atoms with Crippen LogP contribution in [0, 0.1) is 0 Å². The second-order valence-electron chi connectivity index (χ2n) is 7.93. The molecular formula is C24H29ClN2O5. The zero-order valence-corrected chi connectivity index (χ0v) is 18.8. The molecule has 0 unspecified atom stereocenters. The first-order valence-corrected chi connectivity index (χ1v) is 10.8. The van der Waals surface area contributed by atoms with E-state index >= 15 is 0 Å². The Morgan fingerprint density at radius 1 is 1.03 bits per heavy atom. The van der Waals surface area contributed by atoms with Crippen molar-refractivity contribution in [1.29, 1.82) is 0 Å². The van der Waals surface area contributed by atoms with Gasteiger partial charge in [0, 0.05) is 32.1 Å². The predicted octanol–water partition coefficient (Wildman–Crippen LogP) is 3.47. The normalized spacial score (nSPS) is 15.4. The third-order valence-electron chi connectivity index (χ3n) is 5.93. The van der Waals surface area contributed by atoms with Gasteiger partial charge in [-0.25, -0.2) is 4.79 Å². The van der Waals surface area contributed by atoms with Crippen LogP contribution in [-0.4, -0.2) is 79.5 Å². The fourth-order valence-corrected chi connectivity index (χ4v) is 4.39. The summed E-state index contributed by atoms with van der Waals surface area (Å²) < 4.78 is 11.0. The average molecular weight is 461 g/mol. The van der Waals surface area contributed by atoms with E-state index in [2.05, 4.69) is 29.2 Å². The molecule has 172 valence electrons. The number of benzene rings is 2. The lowest BCUT2D eigenvalue weighted by Crippen LogP contribution is -2.41. The summed E-state index contributed by atoms with van der Waals surface area (Å²) in [5, 5.41) is 9.24. The fourth-order valence-electron chi connectivity index (χ4n) is 4.39. The quantitative estimate of drug-likeness (QED) is 0.649. The number of amides is 1. The Bertz CT molecular complexity index is 887. The van der Waals surface area contributed by atoms with Crippen molar-refractivity contribution in [2.24, 2.45) is 0 Å². The number of fused-ring (bicyclic) bond motifs is 3. The number of halogens is 1. The second kappa shape index (κ2) is 11.3. The molecule has 2 aliphatic rings. The fraction of sp³-hybridized carbons (Fsp3) is 0.417. The first kappa shape index (κ1) is 24.0. The third kappa shape index (κ3) is 5.59. The van der Waals surface area contributed by atoms with Crippen LogP contribution in [-0.2, 0) is 14.3 Å². The maximum absolute atomic E-state index is 12.7. The number of rotatable bonds is 8. The molecule has 4 rings (SSSR count). The Morgan fingerprint density at radius 2 is 1.62 bits per heavy atom. The van der Waals surface area contributed by atoms with Crippen molar-refractivity contribution >= 4 is 24.5 Å². The van der Waals surface area contributed by atoms with Crippen LogP contribution in [0.4, 0.5) is 4.79 Å². The van der Waals surface area contributed by atoms with Gasteiger partial charge in [-0.15, -0.1) is 12.4 Å². The monoisotopic (exact) mass is 460 g/mol. The molecule has 1 saturated heterocycles. The van der Waals surface area contributed by atoms with Crippen LogP contribution >= 0.6 is 12.4 Å². The summed E-state index contributed by atoms with van der Waals surface area (Å²) in [6.07, 6.45) is 0.114.